The van der Waals surface area contributed by atoms with E-state index in [1.807, 2.05) is 12.1 Å². The molecule has 2 aromatic carbocycles. The molecule has 0 fully saturated rings. The predicted molar refractivity (Wildman–Crippen MR) is 102 cm³/mol. The normalized spacial score (nSPS) is 11.2. The molecule has 6 nitrogen and oxygen atoms in total. The number of hydrogen-bond donors (Lipinski definition) is 1. The van der Waals surface area contributed by atoms with Crippen molar-refractivity contribution >= 4 is 55.6 Å². The summed E-state index contributed by atoms with van der Waals surface area (Å²) in [4.78, 5) is 31.3. The summed E-state index contributed by atoms with van der Waals surface area (Å²) in [6.45, 7) is 0. The maximum absolute atomic E-state index is 12.4. The molecule has 1 N–H and O–H groups in total. The number of benzene rings is 2. The fraction of sp³-hybridized carbons (Fsp3) is 0.0556. The van der Waals surface area contributed by atoms with Crippen molar-refractivity contribution in [1.29, 1.82) is 0 Å². The number of carbonyl (C=O) groups excluding carboxylic acids is 1. The monoisotopic (exact) mass is 432 g/mol. The second kappa shape index (κ2) is 6.26. The molecule has 0 amide bonds. The number of furan rings is 1. The minimum Gasteiger partial charge on any atom is -0.465 e. The van der Waals surface area contributed by atoms with E-state index in [0.717, 1.165) is 4.47 Å². The van der Waals surface area contributed by atoms with Crippen LogP contribution in [0, 0.1) is 0 Å². The first-order valence-corrected chi connectivity index (χ1v) is 8.65. The Morgan fingerprint density at radius 1 is 1.27 bits per heavy atom. The van der Waals surface area contributed by atoms with E-state index in [2.05, 4.69) is 30.6 Å². The largest absolute Gasteiger partial charge is 0.465 e. The lowest BCUT2D eigenvalue weighted by Gasteiger charge is -2.06. The van der Waals surface area contributed by atoms with E-state index in [-0.39, 0.29) is 16.4 Å². The first-order chi connectivity index (χ1) is 12.5. The molecule has 0 radical (unpaired) electrons. The molecule has 0 saturated carbocycles. The first-order valence-electron chi connectivity index (χ1n) is 7.48. The number of aromatic amines is 1. The van der Waals surface area contributed by atoms with Gasteiger partial charge < -0.3 is 14.1 Å². The van der Waals surface area contributed by atoms with Gasteiger partial charge in [0.15, 0.2) is 0 Å². The summed E-state index contributed by atoms with van der Waals surface area (Å²) in [6.07, 6.45) is 0. The maximum atomic E-state index is 12.4. The molecular weight excluding hydrogens is 424 g/mol. The molecule has 4 aromatic rings. The van der Waals surface area contributed by atoms with Gasteiger partial charge in [0.2, 0.25) is 5.58 Å². The van der Waals surface area contributed by atoms with Crippen LogP contribution in [-0.4, -0.2) is 23.0 Å². The Morgan fingerprint density at radius 2 is 2.08 bits per heavy atom. The lowest BCUT2D eigenvalue weighted by atomic mass is 10.1. The average Bonchev–Trinajstić information content (AvgIpc) is 2.99. The molecule has 0 aliphatic carbocycles. The number of aromatic nitrogens is 2. The number of halogens is 2. The Kier molecular flexibility index (Phi) is 4.05. The number of nitrogens with zero attached hydrogens (tertiary/aromatic N) is 1. The van der Waals surface area contributed by atoms with Crippen molar-refractivity contribution in [1.82, 2.24) is 9.97 Å². The fourth-order valence-corrected chi connectivity index (χ4v) is 3.34. The van der Waals surface area contributed by atoms with E-state index < -0.39 is 11.5 Å². The van der Waals surface area contributed by atoms with Gasteiger partial charge in [-0.15, -0.1) is 0 Å². The van der Waals surface area contributed by atoms with Crippen LogP contribution in [0.2, 0.25) is 5.02 Å². The van der Waals surface area contributed by atoms with Crippen molar-refractivity contribution in [2.45, 2.75) is 0 Å². The minimum atomic E-state index is -0.499. The third-order valence-electron chi connectivity index (χ3n) is 3.93. The highest BCUT2D eigenvalue weighted by atomic mass is 79.9. The van der Waals surface area contributed by atoms with E-state index in [0.29, 0.717) is 27.6 Å². The summed E-state index contributed by atoms with van der Waals surface area (Å²) in [7, 11) is 1.29. The Morgan fingerprint density at radius 3 is 2.81 bits per heavy atom. The SMILES string of the molecule is COC(=O)c1ccc(-c2nc3c(oc4ccc(Br)cc43)c(=O)[nH]2)c(Cl)c1. The topological polar surface area (TPSA) is 85.2 Å². The van der Waals surface area contributed by atoms with Crippen LogP contribution in [0.1, 0.15) is 10.4 Å². The van der Waals surface area contributed by atoms with Crippen molar-refractivity contribution in [2.75, 3.05) is 7.11 Å². The van der Waals surface area contributed by atoms with Crippen molar-refractivity contribution < 1.29 is 13.9 Å². The number of nitrogens with one attached hydrogen (secondary N) is 1. The zero-order valence-electron chi connectivity index (χ0n) is 13.3. The number of hydrogen-bond acceptors (Lipinski definition) is 5. The van der Waals surface area contributed by atoms with Gasteiger partial charge in [0, 0.05) is 15.4 Å². The minimum absolute atomic E-state index is 0.143. The van der Waals surface area contributed by atoms with Crippen LogP contribution in [0.3, 0.4) is 0 Å². The van der Waals surface area contributed by atoms with E-state index >= 15 is 0 Å². The average molecular weight is 434 g/mol. The summed E-state index contributed by atoms with van der Waals surface area (Å²) < 4.78 is 11.1. The Labute approximate surface area is 159 Å². The van der Waals surface area contributed by atoms with Gasteiger partial charge >= 0.3 is 5.97 Å². The van der Waals surface area contributed by atoms with Crippen LogP contribution in [0.5, 0.6) is 0 Å². The van der Waals surface area contributed by atoms with Crippen LogP contribution in [0.4, 0.5) is 0 Å². The highest BCUT2D eigenvalue weighted by Crippen LogP contribution is 2.31. The fourth-order valence-electron chi connectivity index (χ4n) is 2.71. The van der Waals surface area contributed by atoms with E-state index in [1.54, 1.807) is 18.2 Å². The molecule has 0 atom stereocenters. The van der Waals surface area contributed by atoms with Crippen molar-refractivity contribution in [2.24, 2.45) is 0 Å². The lowest BCUT2D eigenvalue weighted by molar-refractivity contribution is 0.0601. The van der Waals surface area contributed by atoms with Gasteiger partial charge in [-0.05, 0) is 36.4 Å². The quantitative estimate of drug-likeness (QED) is 0.469. The van der Waals surface area contributed by atoms with Gasteiger partial charge in [0.1, 0.15) is 16.9 Å². The molecule has 26 heavy (non-hydrogen) atoms. The first kappa shape index (κ1) is 16.8. The Hall–Kier alpha value is -2.64. The summed E-state index contributed by atoms with van der Waals surface area (Å²) in [6, 6.07) is 10.1. The molecule has 0 unspecified atom stereocenters. The molecule has 0 aliphatic heterocycles. The van der Waals surface area contributed by atoms with Gasteiger partial charge in [-0.1, -0.05) is 27.5 Å². The molecule has 130 valence electrons. The van der Waals surface area contributed by atoms with Gasteiger partial charge in [-0.2, -0.15) is 0 Å². The number of carbonyl (C=O) groups is 1. The molecule has 0 saturated heterocycles. The molecule has 0 bridgehead atoms. The van der Waals surface area contributed by atoms with Crippen LogP contribution in [0.25, 0.3) is 33.5 Å². The zero-order chi connectivity index (χ0) is 18.4. The molecular formula is C18H10BrClN2O4. The van der Waals surface area contributed by atoms with E-state index in [1.165, 1.54) is 13.2 Å². The zero-order valence-corrected chi connectivity index (χ0v) is 15.6. The van der Waals surface area contributed by atoms with E-state index in [9.17, 15) is 9.59 Å². The summed E-state index contributed by atoms with van der Waals surface area (Å²) in [5.41, 5.74) is 1.53. The van der Waals surface area contributed by atoms with Crippen molar-refractivity contribution in [3.63, 3.8) is 0 Å². The number of H-pyrrole nitrogens is 1. The number of methoxy groups -OCH3 is 1. The molecule has 2 heterocycles. The van der Waals surface area contributed by atoms with Crippen molar-refractivity contribution in [3.8, 4) is 11.4 Å². The molecule has 0 spiro atoms. The van der Waals surface area contributed by atoms with Crippen LogP contribution >= 0.6 is 27.5 Å². The summed E-state index contributed by atoms with van der Waals surface area (Å²) in [5.74, 6) is -0.215. The van der Waals surface area contributed by atoms with E-state index in [4.69, 9.17) is 16.0 Å². The lowest BCUT2D eigenvalue weighted by Crippen LogP contribution is -2.08. The number of ether oxygens (including phenoxy) is 1. The van der Waals surface area contributed by atoms with Crippen LogP contribution in [-0.2, 0) is 4.74 Å². The van der Waals surface area contributed by atoms with Gasteiger partial charge in [-0.3, -0.25) is 4.79 Å². The standard InChI is InChI=1S/C18H10BrClN2O4/c1-25-18(24)8-2-4-10(12(20)6-8)16-21-14-11-7-9(19)3-5-13(11)26-15(14)17(23)22-16/h2-7H,1H3,(H,21,22,23). The van der Waals surface area contributed by atoms with Crippen LogP contribution in [0.15, 0.2) is 50.1 Å². The third-order valence-corrected chi connectivity index (χ3v) is 4.74. The molecule has 0 aliphatic rings. The van der Waals surface area contributed by atoms with Gasteiger partial charge in [0.25, 0.3) is 5.56 Å². The van der Waals surface area contributed by atoms with Gasteiger partial charge in [-0.25, -0.2) is 9.78 Å². The summed E-state index contributed by atoms with van der Waals surface area (Å²) in [5, 5.41) is 0.980. The van der Waals surface area contributed by atoms with Crippen LogP contribution < -0.4 is 5.56 Å². The smallest absolute Gasteiger partial charge is 0.337 e. The highest BCUT2D eigenvalue weighted by molar-refractivity contribution is 9.10. The number of fused-ring (bicyclic) bond motifs is 3. The second-order valence-corrected chi connectivity index (χ2v) is 6.84. The number of rotatable bonds is 2. The molecule has 2 aromatic heterocycles. The van der Waals surface area contributed by atoms with Crippen molar-refractivity contribution in [3.05, 3.63) is 61.8 Å². The second-order valence-electron chi connectivity index (χ2n) is 5.52. The Bertz CT molecular complexity index is 1250. The van der Waals surface area contributed by atoms with Gasteiger partial charge in [0.05, 0.1) is 17.7 Å². The predicted octanol–water partition coefficient (Wildman–Crippen LogP) is 4.54. The number of esters is 1. The maximum Gasteiger partial charge on any atom is 0.337 e. The molecule has 4 rings (SSSR count). The Balaban J connectivity index is 1.95. The third kappa shape index (κ3) is 2.69. The summed E-state index contributed by atoms with van der Waals surface area (Å²) >= 11 is 9.69. The molecule has 8 heteroatoms. The highest BCUT2D eigenvalue weighted by Gasteiger charge is 2.17.